The Bertz CT molecular complexity index is 690. The zero-order valence-electron chi connectivity index (χ0n) is 12.7. The fourth-order valence-corrected chi connectivity index (χ4v) is 2.01. The van der Waals surface area contributed by atoms with E-state index < -0.39 is 12.7 Å². The van der Waals surface area contributed by atoms with Gasteiger partial charge in [0.15, 0.2) is 0 Å². The second-order valence-corrected chi connectivity index (χ2v) is 4.96. The van der Waals surface area contributed by atoms with E-state index >= 15 is 0 Å². The van der Waals surface area contributed by atoms with Gasteiger partial charge in [0.1, 0.15) is 5.75 Å². The van der Waals surface area contributed by atoms with Gasteiger partial charge >= 0.3 is 6.61 Å². The van der Waals surface area contributed by atoms with Crippen LogP contribution in [0.25, 0.3) is 6.08 Å². The minimum absolute atomic E-state index is 0.0446. The smallest absolute Gasteiger partial charge is 0.387 e. The number of halogens is 2. The van der Waals surface area contributed by atoms with E-state index in [0.717, 1.165) is 5.56 Å². The highest BCUT2D eigenvalue weighted by atomic mass is 19.3. The predicted molar refractivity (Wildman–Crippen MR) is 86.5 cm³/mol. The second kappa shape index (κ2) is 8.79. The average molecular weight is 333 g/mol. The number of benzene rings is 2. The van der Waals surface area contributed by atoms with Crippen molar-refractivity contribution in [3.63, 3.8) is 0 Å². The van der Waals surface area contributed by atoms with Gasteiger partial charge in [0, 0.05) is 12.6 Å². The van der Waals surface area contributed by atoms with E-state index in [-0.39, 0.29) is 18.2 Å². The predicted octanol–water partition coefficient (Wildman–Crippen LogP) is 3.15. The Morgan fingerprint density at radius 3 is 2.62 bits per heavy atom. The molecule has 0 saturated carbocycles. The number of alkyl halides is 2. The van der Waals surface area contributed by atoms with Gasteiger partial charge in [-0.3, -0.25) is 4.79 Å². The van der Waals surface area contributed by atoms with Crippen molar-refractivity contribution in [2.24, 2.45) is 0 Å². The molecule has 1 atom stereocenters. The van der Waals surface area contributed by atoms with Crippen LogP contribution >= 0.6 is 0 Å². The number of ether oxygens (including phenoxy) is 1. The van der Waals surface area contributed by atoms with E-state index in [1.165, 1.54) is 24.3 Å². The minimum Gasteiger partial charge on any atom is -0.435 e. The topological polar surface area (TPSA) is 58.6 Å². The van der Waals surface area contributed by atoms with Crippen LogP contribution in [0.4, 0.5) is 8.78 Å². The molecule has 2 aromatic carbocycles. The van der Waals surface area contributed by atoms with Crippen LogP contribution < -0.4 is 10.1 Å². The minimum atomic E-state index is -2.93. The first-order valence-corrected chi connectivity index (χ1v) is 7.28. The molecule has 126 valence electrons. The summed E-state index contributed by atoms with van der Waals surface area (Å²) in [7, 11) is 0. The van der Waals surface area contributed by atoms with Crippen LogP contribution in [0.15, 0.2) is 60.7 Å². The van der Waals surface area contributed by atoms with Crippen molar-refractivity contribution in [3.8, 4) is 5.75 Å². The summed E-state index contributed by atoms with van der Waals surface area (Å²) in [5, 5.41) is 12.6. The summed E-state index contributed by atoms with van der Waals surface area (Å²) < 4.78 is 28.6. The molecule has 0 radical (unpaired) electrons. The van der Waals surface area contributed by atoms with Gasteiger partial charge in [-0.2, -0.15) is 8.78 Å². The number of carbonyl (C=O) groups is 1. The van der Waals surface area contributed by atoms with Crippen molar-refractivity contribution in [2.75, 3.05) is 6.54 Å². The summed E-state index contributed by atoms with van der Waals surface area (Å²) in [6.45, 7) is -2.98. The lowest BCUT2D eigenvalue weighted by atomic mass is 10.1. The van der Waals surface area contributed by atoms with Gasteiger partial charge in [0.25, 0.3) is 0 Å². The second-order valence-electron chi connectivity index (χ2n) is 4.96. The highest BCUT2D eigenvalue weighted by Crippen LogP contribution is 2.20. The summed E-state index contributed by atoms with van der Waals surface area (Å²) in [5.74, 6) is -0.408. The third-order valence-electron chi connectivity index (χ3n) is 3.16. The Kier molecular flexibility index (Phi) is 6.45. The van der Waals surface area contributed by atoms with Crippen LogP contribution in [0.2, 0.25) is 0 Å². The SMILES string of the molecule is O=C(/C=C/c1ccccc1)NCC(O)c1cccc(OC(F)F)c1. The lowest BCUT2D eigenvalue weighted by Gasteiger charge is -2.13. The lowest BCUT2D eigenvalue weighted by molar-refractivity contribution is -0.116. The third kappa shape index (κ3) is 5.81. The number of aliphatic hydroxyl groups is 1. The van der Waals surface area contributed by atoms with Gasteiger partial charge in [-0.15, -0.1) is 0 Å². The molecule has 0 bridgehead atoms. The van der Waals surface area contributed by atoms with Crippen molar-refractivity contribution < 1.29 is 23.4 Å². The molecule has 2 rings (SSSR count). The molecule has 0 aromatic heterocycles. The fourth-order valence-electron chi connectivity index (χ4n) is 2.01. The number of amides is 1. The molecule has 4 nitrogen and oxygen atoms in total. The van der Waals surface area contributed by atoms with Crippen molar-refractivity contribution in [2.45, 2.75) is 12.7 Å². The van der Waals surface area contributed by atoms with Crippen LogP contribution in [-0.4, -0.2) is 24.2 Å². The molecule has 0 fully saturated rings. The van der Waals surface area contributed by atoms with E-state index in [2.05, 4.69) is 10.1 Å². The number of nitrogens with one attached hydrogen (secondary N) is 1. The zero-order valence-corrected chi connectivity index (χ0v) is 12.7. The molecule has 0 heterocycles. The molecule has 1 amide bonds. The molecule has 0 aliphatic rings. The number of carbonyl (C=O) groups excluding carboxylic acids is 1. The Morgan fingerprint density at radius 1 is 1.17 bits per heavy atom. The highest BCUT2D eigenvalue weighted by molar-refractivity contribution is 5.91. The average Bonchev–Trinajstić information content (AvgIpc) is 2.58. The van der Waals surface area contributed by atoms with Crippen molar-refractivity contribution in [1.82, 2.24) is 5.32 Å². The Labute approximate surface area is 138 Å². The van der Waals surface area contributed by atoms with E-state index in [1.54, 1.807) is 12.1 Å². The number of rotatable bonds is 7. The van der Waals surface area contributed by atoms with Crippen LogP contribution in [0.5, 0.6) is 5.75 Å². The van der Waals surface area contributed by atoms with Crippen LogP contribution in [0, 0.1) is 0 Å². The third-order valence-corrected chi connectivity index (χ3v) is 3.16. The highest BCUT2D eigenvalue weighted by Gasteiger charge is 2.11. The van der Waals surface area contributed by atoms with E-state index in [1.807, 2.05) is 30.3 Å². The lowest BCUT2D eigenvalue weighted by Crippen LogP contribution is -2.26. The van der Waals surface area contributed by atoms with Crippen LogP contribution in [-0.2, 0) is 4.79 Å². The quantitative estimate of drug-likeness (QED) is 0.765. The molecule has 2 aromatic rings. The van der Waals surface area contributed by atoms with Gasteiger partial charge in [0.2, 0.25) is 5.91 Å². The maximum Gasteiger partial charge on any atom is 0.387 e. The first kappa shape index (κ1) is 17.6. The molecule has 2 N–H and O–H groups in total. The van der Waals surface area contributed by atoms with Gasteiger partial charge in [0.05, 0.1) is 6.10 Å². The standard InChI is InChI=1S/C18H17F2NO3/c19-18(20)24-15-8-4-7-14(11-15)16(22)12-21-17(23)10-9-13-5-2-1-3-6-13/h1-11,16,18,22H,12H2,(H,21,23)/b10-9+. The normalized spacial score (nSPS) is 12.3. The van der Waals surface area contributed by atoms with Crippen molar-refractivity contribution in [1.29, 1.82) is 0 Å². The van der Waals surface area contributed by atoms with Crippen molar-refractivity contribution >= 4 is 12.0 Å². The van der Waals surface area contributed by atoms with Gasteiger partial charge < -0.3 is 15.2 Å². The van der Waals surface area contributed by atoms with Crippen LogP contribution in [0.1, 0.15) is 17.2 Å². The largest absolute Gasteiger partial charge is 0.435 e. The molecule has 0 aliphatic carbocycles. The summed E-state index contributed by atoms with van der Waals surface area (Å²) in [5.41, 5.74) is 1.26. The number of aliphatic hydroxyl groups excluding tert-OH is 1. The first-order chi connectivity index (χ1) is 11.5. The van der Waals surface area contributed by atoms with Gasteiger partial charge in [-0.1, -0.05) is 42.5 Å². The number of hydrogen-bond donors (Lipinski definition) is 2. The molecule has 0 spiro atoms. The van der Waals surface area contributed by atoms with Crippen LogP contribution in [0.3, 0.4) is 0 Å². The Balaban J connectivity index is 1.87. The fraction of sp³-hybridized carbons (Fsp3) is 0.167. The number of hydrogen-bond acceptors (Lipinski definition) is 3. The molecule has 6 heteroatoms. The Hall–Kier alpha value is -2.73. The van der Waals surface area contributed by atoms with E-state index in [4.69, 9.17) is 0 Å². The molecular formula is C18H17F2NO3. The summed E-state index contributed by atoms with van der Waals surface area (Å²) in [6, 6.07) is 15.0. The maximum atomic E-state index is 12.2. The van der Waals surface area contributed by atoms with E-state index in [0.29, 0.717) is 5.56 Å². The summed E-state index contributed by atoms with van der Waals surface area (Å²) in [6.07, 6.45) is 1.98. The maximum absolute atomic E-state index is 12.2. The van der Waals surface area contributed by atoms with E-state index in [9.17, 15) is 18.7 Å². The molecule has 1 unspecified atom stereocenters. The summed E-state index contributed by atoms with van der Waals surface area (Å²) >= 11 is 0. The first-order valence-electron chi connectivity index (χ1n) is 7.28. The zero-order chi connectivity index (χ0) is 17.4. The molecular weight excluding hydrogens is 316 g/mol. The van der Waals surface area contributed by atoms with Gasteiger partial charge in [-0.25, -0.2) is 0 Å². The van der Waals surface area contributed by atoms with Crippen molar-refractivity contribution in [3.05, 3.63) is 71.8 Å². The summed E-state index contributed by atoms with van der Waals surface area (Å²) in [4.78, 5) is 11.7. The molecule has 0 saturated heterocycles. The monoisotopic (exact) mass is 333 g/mol. The molecule has 0 aliphatic heterocycles. The van der Waals surface area contributed by atoms with Gasteiger partial charge in [-0.05, 0) is 29.3 Å². The Morgan fingerprint density at radius 2 is 1.92 bits per heavy atom. The molecule has 24 heavy (non-hydrogen) atoms.